The average molecular weight is 284 g/mol. The normalized spacial score (nSPS) is 19.4. The van der Waals surface area contributed by atoms with Crippen LogP contribution in [0.5, 0.6) is 0 Å². The summed E-state index contributed by atoms with van der Waals surface area (Å²) >= 11 is 0. The Morgan fingerprint density at radius 3 is 2.00 bits per heavy atom. The van der Waals surface area contributed by atoms with Gasteiger partial charge in [-0.25, -0.2) is 0 Å². The number of esters is 2. The van der Waals surface area contributed by atoms with Gasteiger partial charge in [0.15, 0.2) is 5.41 Å². The van der Waals surface area contributed by atoms with E-state index in [9.17, 15) is 9.59 Å². The Hall–Kier alpha value is -1.06. The highest BCUT2D eigenvalue weighted by molar-refractivity contribution is 6.03. The summed E-state index contributed by atoms with van der Waals surface area (Å²) in [5.41, 5.74) is -0.989. The average Bonchev–Trinajstić information content (AvgIpc) is 3.15. The summed E-state index contributed by atoms with van der Waals surface area (Å²) in [7, 11) is 0. The maximum atomic E-state index is 12.1. The third kappa shape index (κ3) is 3.97. The minimum absolute atomic E-state index is 0.113. The molecule has 0 aromatic rings. The molecule has 0 unspecified atom stereocenters. The van der Waals surface area contributed by atoms with Gasteiger partial charge < -0.3 is 9.47 Å². The quantitative estimate of drug-likeness (QED) is 0.350. The van der Waals surface area contributed by atoms with Crippen LogP contribution in [0.1, 0.15) is 65.7 Å². The van der Waals surface area contributed by atoms with E-state index in [0.29, 0.717) is 19.6 Å². The fourth-order valence-corrected chi connectivity index (χ4v) is 2.78. The molecule has 0 aromatic heterocycles. The summed E-state index contributed by atoms with van der Waals surface area (Å²) in [5.74, 6) is -0.670. The van der Waals surface area contributed by atoms with Crippen molar-refractivity contribution in [1.29, 1.82) is 0 Å². The van der Waals surface area contributed by atoms with E-state index in [0.717, 1.165) is 12.8 Å². The highest BCUT2D eigenvalue weighted by Gasteiger charge is 2.67. The number of ether oxygens (including phenoxy) is 2. The summed E-state index contributed by atoms with van der Waals surface area (Å²) in [6.07, 6.45) is 7.47. The van der Waals surface area contributed by atoms with Crippen molar-refractivity contribution in [3.05, 3.63) is 0 Å². The van der Waals surface area contributed by atoms with Crippen molar-refractivity contribution in [2.45, 2.75) is 65.7 Å². The van der Waals surface area contributed by atoms with Crippen LogP contribution >= 0.6 is 0 Å². The van der Waals surface area contributed by atoms with Gasteiger partial charge in [-0.05, 0) is 32.6 Å². The lowest BCUT2D eigenvalue weighted by Gasteiger charge is -2.14. The molecule has 0 saturated heterocycles. The van der Waals surface area contributed by atoms with E-state index in [1.54, 1.807) is 13.8 Å². The molecule has 1 aliphatic rings. The summed E-state index contributed by atoms with van der Waals surface area (Å²) in [6.45, 7) is 6.33. The minimum atomic E-state index is -0.989. The molecule has 1 aliphatic carbocycles. The number of carbonyl (C=O) groups excluding carboxylic acids is 2. The van der Waals surface area contributed by atoms with Gasteiger partial charge in [0.2, 0.25) is 0 Å². The van der Waals surface area contributed by atoms with E-state index in [2.05, 4.69) is 6.92 Å². The fraction of sp³-hybridized carbons (Fsp3) is 0.875. The summed E-state index contributed by atoms with van der Waals surface area (Å²) in [4.78, 5) is 24.1. The van der Waals surface area contributed by atoms with Crippen LogP contribution in [-0.4, -0.2) is 25.2 Å². The van der Waals surface area contributed by atoms with Crippen molar-refractivity contribution in [3.63, 3.8) is 0 Å². The van der Waals surface area contributed by atoms with Gasteiger partial charge >= 0.3 is 11.9 Å². The Morgan fingerprint density at radius 2 is 1.50 bits per heavy atom. The first kappa shape index (κ1) is 17.0. The van der Waals surface area contributed by atoms with Gasteiger partial charge in [-0.15, -0.1) is 0 Å². The molecule has 4 heteroatoms. The number of hydrogen-bond acceptors (Lipinski definition) is 4. The van der Waals surface area contributed by atoms with Gasteiger partial charge in [-0.2, -0.15) is 0 Å². The van der Waals surface area contributed by atoms with Crippen LogP contribution in [0.2, 0.25) is 0 Å². The Labute approximate surface area is 122 Å². The molecule has 116 valence electrons. The predicted octanol–water partition coefficient (Wildman–Crippen LogP) is 3.48. The third-order valence-corrected chi connectivity index (χ3v) is 4.04. The first-order chi connectivity index (χ1) is 9.63. The van der Waals surface area contributed by atoms with E-state index in [-0.39, 0.29) is 5.92 Å². The van der Waals surface area contributed by atoms with E-state index < -0.39 is 17.4 Å². The smallest absolute Gasteiger partial charge is 0.323 e. The van der Waals surface area contributed by atoms with E-state index >= 15 is 0 Å². The van der Waals surface area contributed by atoms with Gasteiger partial charge in [0.1, 0.15) is 0 Å². The van der Waals surface area contributed by atoms with E-state index in [1.165, 1.54) is 25.7 Å². The molecule has 0 bridgehead atoms. The third-order valence-electron chi connectivity index (χ3n) is 4.04. The highest BCUT2D eigenvalue weighted by atomic mass is 16.6. The molecule has 0 spiro atoms. The standard InChI is InChI=1S/C16H28O4/c1-4-7-8-9-10-11-13-12-16(13,14(17)19-5-2)15(18)20-6-3/h13H,4-12H2,1-3H3/t13-/m0/s1. The Kier molecular flexibility index (Phi) is 7.03. The SMILES string of the molecule is CCCCCCC[C@H]1CC1(C(=O)OCC)C(=O)OCC. The van der Waals surface area contributed by atoms with Gasteiger partial charge in [0, 0.05) is 0 Å². The maximum Gasteiger partial charge on any atom is 0.323 e. The van der Waals surface area contributed by atoms with E-state index in [1.807, 2.05) is 0 Å². The minimum Gasteiger partial charge on any atom is -0.465 e. The van der Waals surface area contributed by atoms with Crippen molar-refractivity contribution in [2.75, 3.05) is 13.2 Å². The molecular weight excluding hydrogens is 256 g/mol. The summed E-state index contributed by atoms with van der Waals surface area (Å²) in [6, 6.07) is 0. The Balaban J connectivity index is 2.48. The number of rotatable bonds is 10. The molecule has 0 amide bonds. The van der Waals surface area contributed by atoms with Gasteiger partial charge in [0.25, 0.3) is 0 Å². The van der Waals surface area contributed by atoms with Gasteiger partial charge in [-0.3, -0.25) is 9.59 Å². The molecule has 0 aromatic carbocycles. The van der Waals surface area contributed by atoms with Crippen LogP contribution in [0.25, 0.3) is 0 Å². The lowest BCUT2D eigenvalue weighted by atomic mass is 10.00. The van der Waals surface area contributed by atoms with Crippen molar-refractivity contribution in [3.8, 4) is 0 Å². The second-order valence-electron chi connectivity index (χ2n) is 5.52. The van der Waals surface area contributed by atoms with Crippen LogP contribution in [0.15, 0.2) is 0 Å². The lowest BCUT2D eigenvalue weighted by molar-refractivity contribution is -0.165. The highest BCUT2D eigenvalue weighted by Crippen LogP contribution is 2.57. The largest absolute Gasteiger partial charge is 0.465 e. The number of unbranched alkanes of at least 4 members (excludes halogenated alkanes) is 4. The molecule has 1 saturated carbocycles. The molecule has 1 rings (SSSR count). The Morgan fingerprint density at radius 1 is 0.950 bits per heavy atom. The monoisotopic (exact) mass is 284 g/mol. The summed E-state index contributed by atoms with van der Waals surface area (Å²) in [5, 5.41) is 0. The molecular formula is C16H28O4. The Bertz CT molecular complexity index is 306. The predicted molar refractivity (Wildman–Crippen MR) is 77.2 cm³/mol. The second kappa shape index (κ2) is 8.28. The second-order valence-corrected chi connectivity index (χ2v) is 5.52. The first-order valence-corrected chi connectivity index (χ1v) is 7.97. The fourth-order valence-electron chi connectivity index (χ4n) is 2.78. The number of hydrogen-bond donors (Lipinski definition) is 0. The van der Waals surface area contributed by atoms with Crippen LogP contribution in [-0.2, 0) is 19.1 Å². The van der Waals surface area contributed by atoms with Crippen LogP contribution in [0.4, 0.5) is 0 Å². The van der Waals surface area contributed by atoms with Crippen LogP contribution in [0.3, 0.4) is 0 Å². The molecule has 0 N–H and O–H groups in total. The van der Waals surface area contributed by atoms with Crippen molar-refractivity contribution in [1.82, 2.24) is 0 Å². The zero-order chi connectivity index (χ0) is 15.0. The molecule has 0 heterocycles. The van der Waals surface area contributed by atoms with Gasteiger partial charge in [0.05, 0.1) is 13.2 Å². The van der Waals surface area contributed by atoms with Crippen molar-refractivity contribution in [2.24, 2.45) is 11.3 Å². The maximum absolute atomic E-state index is 12.1. The molecule has 1 fully saturated rings. The molecule has 0 aliphatic heterocycles. The van der Waals surface area contributed by atoms with Crippen molar-refractivity contribution >= 4 is 11.9 Å². The summed E-state index contributed by atoms with van der Waals surface area (Å²) < 4.78 is 10.1. The number of carbonyl (C=O) groups is 2. The van der Waals surface area contributed by atoms with Crippen molar-refractivity contribution < 1.29 is 19.1 Å². The molecule has 0 radical (unpaired) electrons. The molecule has 1 atom stereocenters. The first-order valence-electron chi connectivity index (χ1n) is 7.97. The lowest BCUT2D eigenvalue weighted by Crippen LogP contribution is -2.32. The van der Waals surface area contributed by atoms with E-state index in [4.69, 9.17) is 9.47 Å². The molecule has 4 nitrogen and oxygen atoms in total. The van der Waals surface area contributed by atoms with Crippen LogP contribution < -0.4 is 0 Å². The zero-order valence-electron chi connectivity index (χ0n) is 13.1. The zero-order valence-corrected chi connectivity index (χ0v) is 13.1. The molecule has 20 heavy (non-hydrogen) atoms. The van der Waals surface area contributed by atoms with Gasteiger partial charge in [-0.1, -0.05) is 39.0 Å². The topological polar surface area (TPSA) is 52.6 Å². The van der Waals surface area contributed by atoms with Crippen LogP contribution in [0, 0.1) is 11.3 Å².